The zero-order chi connectivity index (χ0) is 37.4. The third-order valence-corrected chi connectivity index (χ3v) is 11.5. The van der Waals surface area contributed by atoms with Crippen molar-refractivity contribution in [2.24, 2.45) is 9.98 Å². The molecule has 0 bridgehead atoms. The SMILES string of the molecule is N=C(/N=C(\N=C\c1ccc2c(c1)sc1ccccc12)c1ccccc1-c1ccc(-c2ccccc2)cc1)c1cccc2c1c1ccccc1n2-c1ccccc1. The highest BCUT2D eigenvalue weighted by atomic mass is 32.1. The summed E-state index contributed by atoms with van der Waals surface area (Å²) in [5.74, 6) is 0.617. The average Bonchev–Trinajstić information content (AvgIpc) is 3.81. The Kier molecular flexibility index (Phi) is 8.47. The van der Waals surface area contributed by atoms with Crippen LogP contribution in [0.2, 0.25) is 0 Å². The molecule has 0 amide bonds. The van der Waals surface area contributed by atoms with Gasteiger partial charge in [0, 0.05) is 54.0 Å². The zero-order valence-electron chi connectivity index (χ0n) is 30.3. The molecule has 0 spiro atoms. The molecule has 10 aromatic rings. The minimum Gasteiger partial charge on any atom is -0.309 e. The van der Waals surface area contributed by atoms with E-state index < -0.39 is 0 Å². The van der Waals surface area contributed by atoms with E-state index in [1.54, 1.807) is 11.3 Å². The number of nitrogens with one attached hydrogen (secondary N) is 1. The van der Waals surface area contributed by atoms with Crippen LogP contribution in [0.15, 0.2) is 204 Å². The fourth-order valence-corrected chi connectivity index (χ4v) is 8.91. The van der Waals surface area contributed by atoms with Gasteiger partial charge in [0.2, 0.25) is 0 Å². The van der Waals surface area contributed by atoms with E-state index in [0.717, 1.165) is 60.9 Å². The van der Waals surface area contributed by atoms with E-state index in [1.165, 1.54) is 25.7 Å². The minimum absolute atomic E-state index is 0.146. The van der Waals surface area contributed by atoms with E-state index in [-0.39, 0.29) is 5.84 Å². The van der Waals surface area contributed by atoms with Crippen LogP contribution in [-0.4, -0.2) is 22.5 Å². The van der Waals surface area contributed by atoms with Gasteiger partial charge < -0.3 is 4.57 Å². The van der Waals surface area contributed by atoms with Crippen molar-refractivity contribution >= 4 is 71.2 Å². The van der Waals surface area contributed by atoms with Gasteiger partial charge in [0.25, 0.3) is 0 Å². The van der Waals surface area contributed by atoms with Gasteiger partial charge in [-0.05, 0) is 64.2 Å². The fraction of sp³-hybridized carbons (Fsp3) is 0. The van der Waals surface area contributed by atoms with Gasteiger partial charge in [-0.25, -0.2) is 9.98 Å². The van der Waals surface area contributed by atoms with Gasteiger partial charge in [-0.3, -0.25) is 5.41 Å². The first kappa shape index (κ1) is 33.4. The molecule has 1 N–H and O–H groups in total. The number of fused-ring (bicyclic) bond motifs is 6. The Labute approximate surface area is 328 Å². The molecule has 0 atom stereocenters. The Hall–Kier alpha value is -7.21. The molecule has 0 aliphatic rings. The predicted molar refractivity (Wildman–Crippen MR) is 238 cm³/mol. The third kappa shape index (κ3) is 6.01. The van der Waals surface area contributed by atoms with E-state index in [2.05, 4.69) is 162 Å². The molecule has 0 aliphatic heterocycles. The Morgan fingerprint density at radius 1 is 0.500 bits per heavy atom. The van der Waals surface area contributed by atoms with Crippen LogP contribution in [-0.2, 0) is 0 Å². The van der Waals surface area contributed by atoms with Crippen molar-refractivity contribution in [3.8, 4) is 27.9 Å². The lowest BCUT2D eigenvalue weighted by molar-refractivity contribution is 1.18. The monoisotopic (exact) mass is 734 g/mol. The topological polar surface area (TPSA) is 53.5 Å². The van der Waals surface area contributed by atoms with E-state index in [9.17, 15) is 5.41 Å². The molecule has 56 heavy (non-hydrogen) atoms. The summed E-state index contributed by atoms with van der Waals surface area (Å²) < 4.78 is 4.74. The van der Waals surface area contributed by atoms with Gasteiger partial charge >= 0.3 is 0 Å². The molecule has 264 valence electrons. The van der Waals surface area contributed by atoms with Gasteiger partial charge in [0.15, 0.2) is 11.7 Å². The van der Waals surface area contributed by atoms with Gasteiger partial charge in [0.1, 0.15) is 0 Å². The van der Waals surface area contributed by atoms with Crippen molar-refractivity contribution in [3.63, 3.8) is 0 Å². The summed E-state index contributed by atoms with van der Waals surface area (Å²) in [5, 5.41) is 14.2. The number of aromatic nitrogens is 1. The molecule has 5 heteroatoms. The van der Waals surface area contributed by atoms with Crippen molar-refractivity contribution in [1.82, 2.24) is 4.57 Å². The third-order valence-electron chi connectivity index (χ3n) is 10.4. The second-order valence-corrected chi connectivity index (χ2v) is 14.9. The molecule has 2 heterocycles. The number of rotatable bonds is 6. The maximum absolute atomic E-state index is 9.66. The molecule has 8 aromatic carbocycles. The number of aliphatic imine (C=N–C) groups is 2. The quantitative estimate of drug-likeness (QED) is 0.131. The molecule has 0 aliphatic carbocycles. The number of hydrogen-bond donors (Lipinski definition) is 1. The lowest BCUT2D eigenvalue weighted by atomic mass is 9.96. The second kappa shape index (κ2) is 14.2. The molecule has 2 aromatic heterocycles. The van der Waals surface area contributed by atoms with Crippen molar-refractivity contribution in [2.75, 3.05) is 0 Å². The van der Waals surface area contributed by atoms with E-state index in [1.807, 2.05) is 42.6 Å². The summed E-state index contributed by atoms with van der Waals surface area (Å²) >= 11 is 1.79. The predicted octanol–water partition coefficient (Wildman–Crippen LogP) is 13.4. The van der Waals surface area contributed by atoms with Crippen LogP contribution in [0.3, 0.4) is 0 Å². The summed E-state index contributed by atoms with van der Waals surface area (Å²) in [5.41, 5.74) is 10.1. The lowest BCUT2D eigenvalue weighted by Crippen LogP contribution is -2.07. The van der Waals surface area contributed by atoms with Crippen molar-refractivity contribution in [2.45, 2.75) is 0 Å². The first-order valence-electron chi connectivity index (χ1n) is 18.7. The number of amidine groups is 2. The fourth-order valence-electron chi connectivity index (χ4n) is 7.76. The number of benzene rings is 8. The molecule has 0 unspecified atom stereocenters. The largest absolute Gasteiger partial charge is 0.309 e. The second-order valence-electron chi connectivity index (χ2n) is 13.8. The molecule has 0 saturated heterocycles. The highest BCUT2D eigenvalue weighted by molar-refractivity contribution is 7.25. The Balaban J connectivity index is 1.12. The Morgan fingerprint density at radius 3 is 1.96 bits per heavy atom. The number of nitrogens with zero attached hydrogens (tertiary/aromatic N) is 3. The molecular weight excluding hydrogens is 701 g/mol. The maximum atomic E-state index is 9.66. The van der Waals surface area contributed by atoms with Crippen LogP contribution in [0.5, 0.6) is 0 Å². The van der Waals surface area contributed by atoms with Gasteiger partial charge in [-0.2, -0.15) is 0 Å². The summed E-state index contributed by atoms with van der Waals surface area (Å²) in [6, 6.07) is 67.2. The van der Waals surface area contributed by atoms with Crippen LogP contribution in [0.1, 0.15) is 16.7 Å². The highest BCUT2D eigenvalue weighted by Crippen LogP contribution is 2.36. The lowest BCUT2D eigenvalue weighted by Gasteiger charge is -2.12. The van der Waals surface area contributed by atoms with Crippen LogP contribution in [0.25, 0.3) is 69.9 Å². The summed E-state index contributed by atoms with van der Waals surface area (Å²) in [6.07, 6.45) is 1.88. The summed E-state index contributed by atoms with van der Waals surface area (Å²) in [7, 11) is 0. The molecule has 0 radical (unpaired) electrons. The minimum atomic E-state index is 0.146. The molecule has 4 nitrogen and oxygen atoms in total. The summed E-state index contributed by atoms with van der Waals surface area (Å²) in [4.78, 5) is 10.2. The average molecular weight is 735 g/mol. The normalized spacial score (nSPS) is 12.0. The Bertz CT molecular complexity index is 3130. The van der Waals surface area contributed by atoms with Crippen molar-refractivity contribution in [1.29, 1.82) is 5.41 Å². The number of thiophene rings is 1. The van der Waals surface area contributed by atoms with E-state index in [4.69, 9.17) is 9.98 Å². The standard InChI is InChI=1S/C51H34N4S/c52-50(44-22-13-24-46-49(44)43-21-9-11-23-45(43)55(46)38-16-5-2-6-17-38)54-51(53-33-34-26-31-41-40-19-10-12-25-47(40)56-48(41)32-34)42-20-8-7-18-39(42)37-29-27-36(28-30-37)35-14-3-1-4-15-35/h1-33,52H/b52-50?,53-33+,54-51-. The van der Waals surface area contributed by atoms with Gasteiger partial charge in [-0.1, -0.05) is 158 Å². The molecule has 0 saturated carbocycles. The maximum Gasteiger partial charge on any atom is 0.162 e. The van der Waals surface area contributed by atoms with Crippen LogP contribution >= 0.6 is 11.3 Å². The smallest absolute Gasteiger partial charge is 0.162 e. The Morgan fingerprint density at radius 2 is 1.12 bits per heavy atom. The van der Waals surface area contributed by atoms with Gasteiger partial charge in [0.05, 0.1) is 11.0 Å². The van der Waals surface area contributed by atoms with Crippen LogP contribution < -0.4 is 0 Å². The first-order valence-corrected chi connectivity index (χ1v) is 19.5. The van der Waals surface area contributed by atoms with Crippen molar-refractivity contribution < 1.29 is 0 Å². The first-order chi connectivity index (χ1) is 27.7. The number of para-hydroxylation sites is 2. The van der Waals surface area contributed by atoms with Gasteiger partial charge in [-0.15, -0.1) is 11.3 Å². The van der Waals surface area contributed by atoms with Crippen molar-refractivity contribution in [3.05, 3.63) is 211 Å². The number of hydrogen-bond acceptors (Lipinski definition) is 2. The van der Waals surface area contributed by atoms with E-state index >= 15 is 0 Å². The zero-order valence-corrected chi connectivity index (χ0v) is 31.1. The summed E-state index contributed by atoms with van der Waals surface area (Å²) in [6.45, 7) is 0. The van der Waals surface area contributed by atoms with Crippen LogP contribution in [0.4, 0.5) is 0 Å². The molecule has 10 rings (SSSR count). The highest BCUT2D eigenvalue weighted by Gasteiger charge is 2.19. The van der Waals surface area contributed by atoms with E-state index in [0.29, 0.717) is 5.84 Å². The molecule has 0 fully saturated rings. The molecular formula is C51H34N4S. The van der Waals surface area contributed by atoms with Crippen LogP contribution in [0, 0.1) is 5.41 Å².